The van der Waals surface area contributed by atoms with Gasteiger partial charge in [0.05, 0.1) is 11.3 Å². The van der Waals surface area contributed by atoms with Crippen molar-refractivity contribution in [2.24, 2.45) is 17.3 Å². The zero-order chi connectivity index (χ0) is 35.0. The van der Waals surface area contributed by atoms with Crippen molar-refractivity contribution in [3.05, 3.63) is 36.5 Å². The van der Waals surface area contributed by atoms with E-state index in [1.165, 1.54) is 141 Å². The minimum absolute atomic E-state index is 0.0884. The molecule has 278 valence electrons. The Bertz CT molecular complexity index is 858. The molecule has 3 atom stereocenters. The van der Waals surface area contributed by atoms with Crippen LogP contribution in [0.1, 0.15) is 213 Å². The first kappa shape index (κ1) is 44.2. The Labute approximate surface area is 297 Å². The largest absolute Gasteiger partial charge is 0.481 e. The van der Waals surface area contributed by atoms with Gasteiger partial charge in [-0.15, -0.1) is 0 Å². The highest BCUT2D eigenvalue weighted by molar-refractivity contribution is 5.86. The average molecular weight is 671 g/mol. The molecular weight excluding hydrogens is 592 g/mol. The van der Waals surface area contributed by atoms with Crippen molar-refractivity contribution in [1.29, 1.82) is 0 Å². The second kappa shape index (κ2) is 31.2. The number of carbonyl (C=O) groups is 2. The molecule has 0 spiro atoms. The SMILES string of the molecule is CCCCCCCC/C=C\CCCCCCCCC1CC=CC(CCCCCCCC/C=C\CCCCCCCC)(C(=O)O)C1C(=O)O. The Morgan fingerprint density at radius 1 is 0.562 bits per heavy atom. The van der Waals surface area contributed by atoms with E-state index in [1.807, 2.05) is 6.08 Å². The van der Waals surface area contributed by atoms with Crippen LogP contribution in [0.3, 0.4) is 0 Å². The molecule has 0 aliphatic heterocycles. The van der Waals surface area contributed by atoms with Gasteiger partial charge in [0.2, 0.25) is 0 Å². The van der Waals surface area contributed by atoms with Crippen LogP contribution < -0.4 is 0 Å². The van der Waals surface area contributed by atoms with E-state index in [2.05, 4.69) is 38.2 Å². The van der Waals surface area contributed by atoms with Gasteiger partial charge in [0.15, 0.2) is 0 Å². The van der Waals surface area contributed by atoms with Crippen LogP contribution in [0.5, 0.6) is 0 Å². The molecule has 48 heavy (non-hydrogen) atoms. The van der Waals surface area contributed by atoms with Gasteiger partial charge < -0.3 is 10.2 Å². The summed E-state index contributed by atoms with van der Waals surface area (Å²) in [5, 5.41) is 20.6. The van der Waals surface area contributed by atoms with Crippen LogP contribution in [0.25, 0.3) is 0 Å². The van der Waals surface area contributed by atoms with Gasteiger partial charge in [-0.05, 0) is 76.5 Å². The molecule has 0 saturated heterocycles. The monoisotopic (exact) mass is 671 g/mol. The number of carboxylic acids is 2. The van der Waals surface area contributed by atoms with E-state index in [4.69, 9.17) is 0 Å². The Kier molecular flexibility index (Phi) is 28.7. The highest BCUT2D eigenvalue weighted by Gasteiger charge is 2.51. The Morgan fingerprint density at radius 2 is 0.938 bits per heavy atom. The van der Waals surface area contributed by atoms with E-state index in [0.29, 0.717) is 12.8 Å². The van der Waals surface area contributed by atoms with Crippen LogP contribution in [-0.2, 0) is 9.59 Å². The first-order valence-corrected chi connectivity index (χ1v) is 20.9. The summed E-state index contributed by atoms with van der Waals surface area (Å²) < 4.78 is 0. The summed E-state index contributed by atoms with van der Waals surface area (Å²) in [6.45, 7) is 4.53. The summed E-state index contributed by atoms with van der Waals surface area (Å²) in [6.07, 6.45) is 49.5. The van der Waals surface area contributed by atoms with Gasteiger partial charge in [-0.25, -0.2) is 0 Å². The molecule has 2 N–H and O–H groups in total. The quantitative estimate of drug-likeness (QED) is 0.0528. The molecule has 0 aromatic heterocycles. The number of carboxylic acid groups (broad SMARTS) is 2. The van der Waals surface area contributed by atoms with Gasteiger partial charge in [0.25, 0.3) is 0 Å². The third-order valence-electron chi connectivity index (χ3n) is 10.7. The fourth-order valence-corrected chi connectivity index (χ4v) is 7.69. The summed E-state index contributed by atoms with van der Waals surface area (Å²) in [5.41, 5.74) is -1.27. The number of hydrogen-bond acceptors (Lipinski definition) is 2. The molecule has 0 heterocycles. The molecule has 1 aliphatic carbocycles. The maximum atomic E-state index is 12.6. The van der Waals surface area contributed by atoms with Gasteiger partial charge >= 0.3 is 11.9 Å². The van der Waals surface area contributed by atoms with Crippen molar-refractivity contribution in [1.82, 2.24) is 0 Å². The predicted octanol–water partition coefficient (Wildman–Crippen LogP) is 14.2. The third kappa shape index (κ3) is 21.3. The molecule has 0 bridgehead atoms. The van der Waals surface area contributed by atoms with Gasteiger partial charge in [-0.2, -0.15) is 0 Å². The molecule has 3 unspecified atom stereocenters. The zero-order valence-electron chi connectivity index (χ0n) is 31.8. The number of hydrogen-bond donors (Lipinski definition) is 2. The number of unbranched alkanes of at least 4 members (excludes halogenated alkanes) is 24. The standard InChI is InChI=1S/C44H78O4/c1-3-5-7-9-11-13-15-17-19-21-23-25-27-29-31-33-36-40-37-35-39-44(43(47)48,41(40)42(45)46)38-34-32-30-28-26-24-22-20-18-16-14-12-10-8-6-4-2/h17-20,35,39-41H,3-16,21-34,36-38H2,1-2H3,(H,45,46)(H,47,48)/b19-17-,20-18-. The lowest BCUT2D eigenvalue weighted by molar-refractivity contribution is -0.163. The summed E-state index contributed by atoms with van der Waals surface area (Å²) >= 11 is 0. The summed E-state index contributed by atoms with van der Waals surface area (Å²) in [6, 6.07) is 0. The van der Waals surface area contributed by atoms with Crippen molar-refractivity contribution in [3.8, 4) is 0 Å². The molecule has 0 aromatic carbocycles. The first-order valence-electron chi connectivity index (χ1n) is 20.9. The minimum Gasteiger partial charge on any atom is -0.481 e. The van der Waals surface area contributed by atoms with E-state index >= 15 is 0 Å². The molecule has 0 radical (unpaired) electrons. The van der Waals surface area contributed by atoms with E-state index in [9.17, 15) is 19.8 Å². The lowest BCUT2D eigenvalue weighted by atomic mass is 9.61. The summed E-state index contributed by atoms with van der Waals surface area (Å²) in [5.74, 6) is -2.80. The smallest absolute Gasteiger partial charge is 0.314 e. The van der Waals surface area contributed by atoms with E-state index < -0.39 is 23.3 Å². The Hall–Kier alpha value is -1.84. The number of rotatable bonds is 34. The van der Waals surface area contributed by atoms with Crippen LogP contribution in [0, 0.1) is 17.3 Å². The number of aliphatic carboxylic acids is 2. The fourth-order valence-electron chi connectivity index (χ4n) is 7.69. The Balaban J connectivity index is 2.23. The Morgan fingerprint density at radius 3 is 1.33 bits per heavy atom. The van der Waals surface area contributed by atoms with E-state index in [1.54, 1.807) is 6.08 Å². The molecular formula is C44H78O4. The molecule has 4 heteroatoms. The molecule has 0 fully saturated rings. The second-order valence-electron chi connectivity index (χ2n) is 15.0. The predicted molar refractivity (Wildman–Crippen MR) is 207 cm³/mol. The summed E-state index contributed by atoms with van der Waals surface area (Å²) in [7, 11) is 0. The number of allylic oxidation sites excluding steroid dienone is 5. The lowest BCUT2D eigenvalue weighted by Crippen LogP contribution is -2.47. The fraction of sp³-hybridized carbons (Fsp3) is 0.818. The molecule has 0 amide bonds. The molecule has 1 aliphatic rings. The van der Waals surface area contributed by atoms with Crippen molar-refractivity contribution in [2.45, 2.75) is 213 Å². The molecule has 1 rings (SSSR count). The molecule has 0 saturated carbocycles. The highest BCUT2D eigenvalue weighted by atomic mass is 16.4. The summed E-state index contributed by atoms with van der Waals surface area (Å²) in [4.78, 5) is 25.1. The average Bonchev–Trinajstić information content (AvgIpc) is 3.07. The van der Waals surface area contributed by atoms with Crippen LogP contribution in [0.2, 0.25) is 0 Å². The van der Waals surface area contributed by atoms with Crippen LogP contribution in [-0.4, -0.2) is 22.2 Å². The van der Waals surface area contributed by atoms with E-state index in [-0.39, 0.29) is 5.92 Å². The van der Waals surface area contributed by atoms with Crippen molar-refractivity contribution < 1.29 is 19.8 Å². The van der Waals surface area contributed by atoms with Crippen LogP contribution >= 0.6 is 0 Å². The maximum Gasteiger partial charge on any atom is 0.314 e. The minimum atomic E-state index is -1.27. The first-order chi connectivity index (χ1) is 23.5. The van der Waals surface area contributed by atoms with Gasteiger partial charge in [0.1, 0.15) is 0 Å². The van der Waals surface area contributed by atoms with Gasteiger partial charge in [0, 0.05) is 0 Å². The lowest BCUT2D eigenvalue weighted by Gasteiger charge is -2.40. The maximum absolute atomic E-state index is 12.6. The van der Waals surface area contributed by atoms with Crippen molar-refractivity contribution in [3.63, 3.8) is 0 Å². The van der Waals surface area contributed by atoms with Crippen LogP contribution in [0.15, 0.2) is 36.5 Å². The molecule has 0 aromatic rings. The van der Waals surface area contributed by atoms with Crippen molar-refractivity contribution >= 4 is 11.9 Å². The second-order valence-corrected chi connectivity index (χ2v) is 15.0. The van der Waals surface area contributed by atoms with Gasteiger partial charge in [-0.3, -0.25) is 9.59 Å². The van der Waals surface area contributed by atoms with E-state index in [0.717, 1.165) is 44.9 Å². The van der Waals surface area contributed by atoms with Crippen molar-refractivity contribution in [2.75, 3.05) is 0 Å². The molecule has 4 nitrogen and oxygen atoms in total. The normalized spacial score (nSPS) is 19.5. The zero-order valence-corrected chi connectivity index (χ0v) is 31.8. The third-order valence-corrected chi connectivity index (χ3v) is 10.7. The van der Waals surface area contributed by atoms with Gasteiger partial charge in [-0.1, -0.05) is 179 Å². The topological polar surface area (TPSA) is 74.6 Å². The van der Waals surface area contributed by atoms with Crippen LogP contribution in [0.4, 0.5) is 0 Å². The highest BCUT2D eigenvalue weighted by Crippen LogP contribution is 2.46.